The maximum Gasteiger partial charge on any atom is 0.307 e. The summed E-state index contributed by atoms with van der Waals surface area (Å²) in [6.45, 7) is 3.22. The SMILES string of the molecule is CCc1ncc(S(=O)(=O)N(C)CC(C)C(=O)O)[nH]1. The van der Waals surface area contributed by atoms with Crippen molar-refractivity contribution in [2.75, 3.05) is 13.6 Å². The van der Waals surface area contributed by atoms with Crippen LogP contribution in [0, 0.1) is 5.92 Å². The van der Waals surface area contributed by atoms with E-state index in [4.69, 9.17) is 5.11 Å². The molecule has 1 aromatic rings. The Morgan fingerprint density at radius 3 is 2.67 bits per heavy atom. The fourth-order valence-corrected chi connectivity index (χ4v) is 2.57. The van der Waals surface area contributed by atoms with Gasteiger partial charge in [-0.15, -0.1) is 0 Å². The molecule has 7 nitrogen and oxygen atoms in total. The van der Waals surface area contributed by atoms with Crippen molar-refractivity contribution in [1.29, 1.82) is 0 Å². The third-order valence-corrected chi connectivity index (χ3v) is 4.31. The minimum atomic E-state index is -3.70. The summed E-state index contributed by atoms with van der Waals surface area (Å²) in [6.07, 6.45) is 1.85. The molecule has 18 heavy (non-hydrogen) atoms. The van der Waals surface area contributed by atoms with Gasteiger partial charge in [-0.1, -0.05) is 13.8 Å². The van der Waals surface area contributed by atoms with Crippen LogP contribution < -0.4 is 0 Å². The predicted molar refractivity (Wildman–Crippen MR) is 64.6 cm³/mol. The lowest BCUT2D eigenvalue weighted by Gasteiger charge is -2.17. The van der Waals surface area contributed by atoms with Crippen LogP contribution in [0.1, 0.15) is 19.7 Å². The van der Waals surface area contributed by atoms with E-state index in [1.54, 1.807) is 0 Å². The molecule has 0 aromatic carbocycles. The second kappa shape index (κ2) is 5.49. The van der Waals surface area contributed by atoms with E-state index in [0.717, 1.165) is 4.31 Å². The Hall–Kier alpha value is -1.41. The van der Waals surface area contributed by atoms with Gasteiger partial charge in [0.1, 0.15) is 5.82 Å². The van der Waals surface area contributed by atoms with Gasteiger partial charge in [0.2, 0.25) is 0 Å². The number of hydrogen-bond acceptors (Lipinski definition) is 4. The predicted octanol–water partition coefficient (Wildman–Crippen LogP) is 0.313. The van der Waals surface area contributed by atoms with E-state index in [-0.39, 0.29) is 11.6 Å². The summed E-state index contributed by atoms with van der Waals surface area (Å²) >= 11 is 0. The van der Waals surface area contributed by atoms with Crippen molar-refractivity contribution in [3.05, 3.63) is 12.0 Å². The Labute approximate surface area is 106 Å². The average molecular weight is 275 g/mol. The first-order valence-electron chi connectivity index (χ1n) is 5.52. The lowest BCUT2D eigenvalue weighted by Crippen LogP contribution is -2.33. The highest BCUT2D eigenvalue weighted by Gasteiger charge is 2.26. The van der Waals surface area contributed by atoms with Crippen LogP contribution in [0.5, 0.6) is 0 Å². The van der Waals surface area contributed by atoms with E-state index >= 15 is 0 Å². The number of rotatable bonds is 6. The number of aliphatic carboxylic acids is 1. The Balaban J connectivity index is 2.89. The second-order valence-corrected chi connectivity index (χ2v) is 6.09. The van der Waals surface area contributed by atoms with Crippen LogP contribution in [0.3, 0.4) is 0 Å². The first-order valence-corrected chi connectivity index (χ1v) is 6.96. The number of sulfonamides is 1. The number of aryl methyl sites for hydroxylation is 1. The van der Waals surface area contributed by atoms with E-state index in [1.165, 1.54) is 20.2 Å². The fraction of sp³-hybridized carbons (Fsp3) is 0.600. The van der Waals surface area contributed by atoms with Gasteiger partial charge in [0.15, 0.2) is 5.03 Å². The van der Waals surface area contributed by atoms with E-state index in [2.05, 4.69) is 9.97 Å². The molecule has 1 aromatic heterocycles. The van der Waals surface area contributed by atoms with Crippen LogP contribution in [0.25, 0.3) is 0 Å². The third-order valence-electron chi connectivity index (χ3n) is 2.58. The summed E-state index contributed by atoms with van der Waals surface area (Å²) in [5.74, 6) is -1.22. The van der Waals surface area contributed by atoms with Crippen molar-refractivity contribution in [2.45, 2.75) is 25.3 Å². The molecule has 8 heteroatoms. The van der Waals surface area contributed by atoms with Gasteiger partial charge in [0.05, 0.1) is 12.1 Å². The van der Waals surface area contributed by atoms with E-state index in [9.17, 15) is 13.2 Å². The van der Waals surface area contributed by atoms with Gasteiger partial charge in [-0.05, 0) is 0 Å². The lowest BCUT2D eigenvalue weighted by molar-refractivity contribution is -0.141. The highest BCUT2D eigenvalue weighted by Crippen LogP contribution is 2.13. The summed E-state index contributed by atoms with van der Waals surface area (Å²) in [4.78, 5) is 17.3. The molecular formula is C10H17N3O4S. The minimum Gasteiger partial charge on any atom is -0.481 e. The molecule has 0 radical (unpaired) electrons. The maximum absolute atomic E-state index is 12.1. The average Bonchev–Trinajstić information content (AvgIpc) is 2.77. The number of aromatic nitrogens is 2. The molecule has 0 fully saturated rings. The Morgan fingerprint density at radius 1 is 1.61 bits per heavy atom. The lowest BCUT2D eigenvalue weighted by atomic mass is 10.2. The maximum atomic E-state index is 12.1. The van der Waals surface area contributed by atoms with Crippen molar-refractivity contribution in [1.82, 2.24) is 14.3 Å². The number of nitrogens with zero attached hydrogens (tertiary/aromatic N) is 2. The molecular weight excluding hydrogens is 258 g/mol. The Kier molecular flexibility index (Phi) is 4.47. The van der Waals surface area contributed by atoms with E-state index < -0.39 is 21.9 Å². The Morgan fingerprint density at radius 2 is 2.22 bits per heavy atom. The minimum absolute atomic E-state index is 0.0144. The molecule has 0 aliphatic rings. The van der Waals surface area contributed by atoms with Gasteiger partial charge in [-0.25, -0.2) is 13.4 Å². The quantitative estimate of drug-likeness (QED) is 0.777. The molecule has 0 bridgehead atoms. The number of nitrogens with one attached hydrogen (secondary N) is 1. The number of H-pyrrole nitrogens is 1. The summed E-state index contributed by atoms with van der Waals surface area (Å²) in [6, 6.07) is 0. The number of carboxylic acids is 1. The van der Waals surface area contributed by atoms with Gasteiger partial charge in [-0.3, -0.25) is 4.79 Å². The largest absolute Gasteiger partial charge is 0.481 e. The van der Waals surface area contributed by atoms with Crippen LogP contribution in [-0.2, 0) is 21.2 Å². The summed E-state index contributed by atoms with van der Waals surface area (Å²) < 4.78 is 25.2. The van der Waals surface area contributed by atoms with Gasteiger partial charge >= 0.3 is 5.97 Å². The normalized spacial score (nSPS) is 13.8. The van der Waals surface area contributed by atoms with Gasteiger partial charge in [0, 0.05) is 20.0 Å². The molecule has 1 rings (SSSR count). The second-order valence-electron chi connectivity index (χ2n) is 4.07. The molecule has 0 amide bonds. The summed E-state index contributed by atoms with van der Waals surface area (Å²) in [5, 5.41) is 8.75. The molecule has 0 spiro atoms. The highest BCUT2D eigenvalue weighted by molar-refractivity contribution is 7.89. The zero-order chi connectivity index (χ0) is 13.9. The topological polar surface area (TPSA) is 103 Å². The number of hydrogen-bond donors (Lipinski definition) is 2. The van der Waals surface area contributed by atoms with Crippen LogP contribution in [-0.4, -0.2) is 47.4 Å². The third kappa shape index (κ3) is 3.08. The van der Waals surface area contributed by atoms with Crippen LogP contribution >= 0.6 is 0 Å². The molecule has 102 valence electrons. The molecule has 0 aliphatic carbocycles. The number of carbonyl (C=O) groups is 1. The number of carboxylic acid groups (broad SMARTS) is 1. The van der Waals surface area contributed by atoms with Gasteiger partial charge < -0.3 is 10.1 Å². The highest BCUT2D eigenvalue weighted by atomic mass is 32.2. The van der Waals surface area contributed by atoms with E-state index in [0.29, 0.717) is 12.2 Å². The van der Waals surface area contributed by atoms with Crippen molar-refractivity contribution in [2.24, 2.45) is 5.92 Å². The fourth-order valence-electron chi connectivity index (χ4n) is 1.38. The molecule has 1 heterocycles. The summed E-state index contributed by atoms with van der Waals surface area (Å²) in [7, 11) is -2.36. The zero-order valence-electron chi connectivity index (χ0n) is 10.5. The van der Waals surface area contributed by atoms with Crippen molar-refractivity contribution in [3.63, 3.8) is 0 Å². The van der Waals surface area contributed by atoms with Crippen molar-refractivity contribution in [3.8, 4) is 0 Å². The molecule has 1 unspecified atom stereocenters. The standard InChI is InChI=1S/C10H17N3O4S/c1-4-8-11-5-9(12-8)18(16,17)13(3)6-7(2)10(14)15/h5,7H,4,6H2,1-3H3,(H,11,12)(H,14,15). The van der Waals surface area contributed by atoms with Gasteiger partial charge in [-0.2, -0.15) is 4.31 Å². The van der Waals surface area contributed by atoms with Gasteiger partial charge in [0.25, 0.3) is 10.0 Å². The molecule has 1 atom stereocenters. The van der Waals surface area contributed by atoms with Crippen molar-refractivity contribution < 1.29 is 18.3 Å². The number of imidazole rings is 1. The molecule has 0 aliphatic heterocycles. The van der Waals surface area contributed by atoms with Crippen LogP contribution in [0.4, 0.5) is 0 Å². The molecule has 2 N–H and O–H groups in total. The Bertz CT molecular complexity index is 523. The first-order chi connectivity index (χ1) is 8.28. The monoisotopic (exact) mass is 275 g/mol. The van der Waals surface area contributed by atoms with Crippen LogP contribution in [0.2, 0.25) is 0 Å². The van der Waals surface area contributed by atoms with Crippen LogP contribution in [0.15, 0.2) is 11.2 Å². The zero-order valence-corrected chi connectivity index (χ0v) is 11.4. The smallest absolute Gasteiger partial charge is 0.307 e. The number of aromatic amines is 1. The first kappa shape index (κ1) is 14.7. The molecule has 0 saturated heterocycles. The van der Waals surface area contributed by atoms with E-state index in [1.807, 2.05) is 6.92 Å². The summed E-state index contributed by atoms with van der Waals surface area (Å²) in [5.41, 5.74) is 0. The molecule has 0 saturated carbocycles. The van der Waals surface area contributed by atoms with Crippen molar-refractivity contribution >= 4 is 16.0 Å².